The lowest BCUT2D eigenvalue weighted by molar-refractivity contribution is -0.138. The molecule has 0 bridgehead atoms. The van der Waals surface area contributed by atoms with Crippen molar-refractivity contribution in [2.24, 2.45) is 0 Å². The van der Waals surface area contributed by atoms with Crippen LogP contribution in [-0.4, -0.2) is 23.4 Å². The summed E-state index contributed by atoms with van der Waals surface area (Å²) in [4.78, 5) is 12.2. The lowest BCUT2D eigenvalue weighted by Crippen LogP contribution is -2.14. The Morgan fingerprint density at radius 2 is 1.86 bits per heavy atom. The molecular formula is C18H16ClF3N4O2S. The third-order valence-electron chi connectivity index (χ3n) is 4.42. The van der Waals surface area contributed by atoms with E-state index in [2.05, 4.69) is 20.3 Å². The van der Waals surface area contributed by atoms with Crippen LogP contribution in [0.4, 0.5) is 19.0 Å². The normalized spacial score (nSPS) is 13.5. The van der Waals surface area contributed by atoms with Gasteiger partial charge >= 0.3 is 6.18 Å². The summed E-state index contributed by atoms with van der Waals surface area (Å²) < 4.78 is 62.9. The average Bonchev–Trinajstić information content (AvgIpc) is 2.59. The van der Waals surface area contributed by atoms with Crippen molar-refractivity contribution >= 4 is 36.6 Å². The SMILES string of the molecule is Cc1nc(NC(C)c2cccc(C(F)(F)F)c2C)c2cc(S(=O)(=O)Cl)cnc2n1. The Bertz CT molecular complexity index is 1200. The maximum absolute atomic E-state index is 13.2. The van der Waals surface area contributed by atoms with E-state index in [1.807, 2.05) is 0 Å². The molecule has 2 aromatic heterocycles. The third-order valence-corrected chi connectivity index (χ3v) is 5.74. The van der Waals surface area contributed by atoms with Gasteiger partial charge in [-0.15, -0.1) is 0 Å². The number of alkyl halides is 3. The van der Waals surface area contributed by atoms with Crippen LogP contribution in [0.2, 0.25) is 0 Å². The number of hydrogen-bond donors (Lipinski definition) is 1. The molecule has 0 radical (unpaired) electrons. The fourth-order valence-corrected chi connectivity index (χ4v) is 3.75. The molecule has 1 atom stereocenters. The van der Waals surface area contributed by atoms with Gasteiger partial charge in [0.1, 0.15) is 16.5 Å². The first-order valence-electron chi connectivity index (χ1n) is 8.40. The van der Waals surface area contributed by atoms with Crippen LogP contribution < -0.4 is 5.32 Å². The van der Waals surface area contributed by atoms with Gasteiger partial charge in [-0.2, -0.15) is 13.2 Å². The molecule has 1 unspecified atom stereocenters. The molecule has 0 saturated heterocycles. The molecule has 6 nitrogen and oxygen atoms in total. The molecule has 0 aliphatic heterocycles. The zero-order valence-electron chi connectivity index (χ0n) is 15.5. The number of nitrogens with one attached hydrogen (secondary N) is 1. The zero-order chi connectivity index (χ0) is 21.6. The molecule has 0 aliphatic carbocycles. The molecule has 3 aromatic rings. The minimum Gasteiger partial charge on any atom is -0.363 e. The van der Waals surface area contributed by atoms with Gasteiger partial charge in [-0.05, 0) is 44.0 Å². The van der Waals surface area contributed by atoms with Gasteiger partial charge in [-0.25, -0.2) is 23.4 Å². The van der Waals surface area contributed by atoms with Gasteiger partial charge in [0.15, 0.2) is 5.65 Å². The number of aromatic nitrogens is 3. The van der Waals surface area contributed by atoms with Crippen molar-refractivity contribution in [2.75, 3.05) is 5.32 Å². The van der Waals surface area contributed by atoms with E-state index in [0.29, 0.717) is 11.4 Å². The molecular weight excluding hydrogens is 429 g/mol. The van der Waals surface area contributed by atoms with Crippen molar-refractivity contribution in [2.45, 2.75) is 37.9 Å². The molecule has 11 heteroatoms. The van der Waals surface area contributed by atoms with E-state index >= 15 is 0 Å². The first-order valence-corrected chi connectivity index (χ1v) is 10.7. The Kier molecular flexibility index (Phi) is 5.44. The summed E-state index contributed by atoms with van der Waals surface area (Å²) in [5, 5.41) is 3.33. The highest BCUT2D eigenvalue weighted by molar-refractivity contribution is 8.13. The molecule has 0 aliphatic rings. The van der Waals surface area contributed by atoms with Crippen LogP contribution in [0.1, 0.15) is 35.5 Å². The minimum atomic E-state index is -4.47. The van der Waals surface area contributed by atoms with E-state index in [4.69, 9.17) is 10.7 Å². The summed E-state index contributed by atoms with van der Waals surface area (Å²) in [6.07, 6.45) is -3.38. The summed E-state index contributed by atoms with van der Waals surface area (Å²) >= 11 is 0. The number of halogens is 4. The predicted octanol–water partition coefficient (Wildman–Crippen LogP) is 4.76. The summed E-state index contributed by atoms with van der Waals surface area (Å²) in [6.45, 7) is 4.71. The molecule has 2 heterocycles. The van der Waals surface area contributed by atoms with Gasteiger partial charge in [-0.3, -0.25) is 0 Å². The first-order chi connectivity index (χ1) is 13.4. The second-order valence-corrected chi connectivity index (χ2v) is 9.05. The Morgan fingerprint density at radius 3 is 2.48 bits per heavy atom. The van der Waals surface area contributed by atoms with E-state index in [0.717, 1.165) is 12.3 Å². The maximum atomic E-state index is 13.2. The highest BCUT2D eigenvalue weighted by atomic mass is 35.7. The lowest BCUT2D eigenvalue weighted by Gasteiger charge is -2.21. The monoisotopic (exact) mass is 444 g/mol. The van der Waals surface area contributed by atoms with Crippen molar-refractivity contribution in [3.63, 3.8) is 0 Å². The van der Waals surface area contributed by atoms with Gasteiger partial charge < -0.3 is 5.32 Å². The first kappa shape index (κ1) is 21.3. The molecule has 0 fully saturated rings. The highest BCUT2D eigenvalue weighted by Gasteiger charge is 2.33. The van der Waals surface area contributed by atoms with Crippen molar-refractivity contribution in [3.05, 3.63) is 53.0 Å². The number of aryl methyl sites for hydroxylation is 1. The zero-order valence-corrected chi connectivity index (χ0v) is 17.1. The number of rotatable bonds is 4. The smallest absolute Gasteiger partial charge is 0.363 e. The van der Waals surface area contributed by atoms with Crippen molar-refractivity contribution in [1.82, 2.24) is 15.0 Å². The predicted molar refractivity (Wildman–Crippen MR) is 103 cm³/mol. The second-order valence-electron chi connectivity index (χ2n) is 6.48. The van der Waals surface area contributed by atoms with Crippen LogP contribution in [0.25, 0.3) is 11.0 Å². The minimum absolute atomic E-state index is 0.0947. The second kappa shape index (κ2) is 7.42. The Labute approximate surface area is 169 Å². The molecule has 1 N–H and O–H groups in total. The van der Waals surface area contributed by atoms with Gasteiger partial charge in [0.05, 0.1) is 17.0 Å². The Morgan fingerprint density at radius 1 is 1.17 bits per heavy atom. The topological polar surface area (TPSA) is 84.8 Å². The van der Waals surface area contributed by atoms with Gasteiger partial charge in [0.2, 0.25) is 0 Å². The number of benzene rings is 1. The van der Waals surface area contributed by atoms with E-state index in [9.17, 15) is 21.6 Å². The molecule has 0 saturated carbocycles. The van der Waals surface area contributed by atoms with Gasteiger partial charge in [0, 0.05) is 16.9 Å². The Balaban J connectivity index is 2.08. The summed E-state index contributed by atoms with van der Waals surface area (Å²) in [5.74, 6) is 0.605. The third kappa shape index (κ3) is 4.43. The van der Waals surface area contributed by atoms with Crippen LogP contribution in [-0.2, 0) is 15.2 Å². The van der Waals surface area contributed by atoms with Crippen LogP contribution in [0.3, 0.4) is 0 Å². The average molecular weight is 445 g/mol. The van der Waals surface area contributed by atoms with Crippen LogP contribution >= 0.6 is 10.7 Å². The van der Waals surface area contributed by atoms with E-state index in [1.165, 1.54) is 19.1 Å². The van der Waals surface area contributed by atoms with Crippen molar-refractivity contribution in [1.29, 1.82) is 0 Å². The van der Waals surface area contributed by atoms with E-state index < -0.39 is 26.8 Å². The van der Waals surface area contributed by atoms with Gasteiger partial charge in [0.25, 0.3) is 9.05 Å². The lowest BCUT2D eigenvalue weighted by atomic mass is 9.97. The summed E-state index contributed by atoms with van der Waals surface area (Å²) in [7, 11) is 1.36. The number of hydrogen-bond acceptors (Lipinski definition) is 6. The molecule has 3 rings (SSSR count). The van der Waals surface area contributed by atoms with E-state index in [-0.39, 0.29) is 27.3 Å². The molecule has 0 amide bonds. The molecule has 1 aromatic carbocycles. The van der Waals surface area contributed by atoms with Crippen LogP contribution in [0, 0.1) is 13.8 Å². The van der Waals surface area contributed by atoms with Gasteiger partial charge in [-0.1, -0.05) is 12.1 Å². The molecule has 29 heavy (non-hydrogen) atoms. The van der Waals surface area contributed by atoms with Crippen LogP contribution in [0.5, 0.6) is 0 Å². The molecule has 154 valence electrons. The highest BCUT2D eigenvalue weighted by Crippen LogP contribution is 2.35. The standard InChI is InChI=1S/C18H16ClF3N4O2S/c1-9-13(5-4-6-15(9)18(20,21)22)10(2)24-17-14-7-12(29(19,27)28)8-23-16(14)25-11(3)26-17/h4-8,10H,1-3H3,(H,23,24,25,26). The quantitative estimate of drug-likeness (QED) is 0.584. The summed E-state index contributed by atoms with van der Waals surface area (Å²) in [6, 6.07) is 4.67. The van der Waals surface area contributed by atoms with Crippen LogP contribution in [0.15, 0.2) is 35.4 Å². The van der Waals surface area contributed by atoms with E-state index in [1.54, 1.807) is 19.9 Å². The maximum Gasteiger partial charge on any atom is 0.416 e. The molecule has 0 spiro atoms. The summed E-state index contributed by atoms with van der Waals surface area (Å²) in [5.41, 5.74) is 0.0390. The number of pyridine rings is 1. The fourth-order valence-electron chi connectivity index (χ4n) is 3.06. The van der Waals surface area contributed by atoms with Crippen molar-refractivity contribution < 1.29 is 21.6 Å². The number of anilines is 1. The van der Waals surface area contributed by atoms with Crippen molar-refractivity contribution in [3.8, 4) is 0 Å². The number of nitrogens with zero attached hydrogens (tertiary/aromatic N) is 3. The Hall–Kier alpha value is -2.46. The fraction of sp³-hybridized carbons (Fsp3) is 0.278. The number of fused-ring (bicyclic) bond motifs is 1. The largest absolute Gasteiger partial charge is 0.416 e.